The number of fused-ring (bicyclic) bond motifs is 16. The second-order valence-electron chi connectivity index (χ2n) is 22.0. The van der Waals surface area contributed by atoms with Crippen LogP contribution in [0.3, 0.4) is 0 Å². The maximum atomic E-state index is 2.51. The molecule has 13 aromatic carbocycles. The standard InChI is InChI=1S/C78H47N3S2/c1-5-17-48(18-6-1)54-39-55(49-19-7-2-8-20-49)41-58(40-54)80-70-35-29-51(43-64(70)66-47-72-65(46-73(66)80)59-25-13-15-27-69(59)79(72)56-21-9-3-10-22-56)53-32-38-76-68(45-53)67-44-52(31-37-75(67)82-76)50-30-36-71-63(42-50)61-33-34-62-60-26-14-16-28-74(60)83-78(62)77(61)81(71)57-23-11-4-12-24-57/h1-47H. The van der Waals surface area contributed by atoms with E-state index in [0.29, 0.717) is 0 Å². The third-order valence-electron chi connectivity index (χ3n) is 17.4. The van der Waals surface area contributed by atoms with E-state index >= 15 is 0 Å². The van der Waals surface area contributed by atoms with Crippen molar-refractivity contribution in [3.8, 4) is 61.6 Å². The molecule has 0 saturated carbocycles. The van der Waals surface area contributed by atoms with E-state index < -0.39 is 0 Å². The van der Waals surface area contributed by atoms with Crippen LogP contribution in [0.25, 0.3) is 167 Å². The van der Waals surface area contributed by atoms with E-state index in [4.69, 9.17) is 0 Å². The molecule has 0 fully saturated rings. The summed E-state index contributed by atoms with van der Waals surface area (Å²) in [6.07, 6.45) is 0. The van der Waals surface area contributed by atoms with Gasteiger partial charge >= 0.3 is 0 Å². The SMILES string of the molecule is c1ccc(-c2cc(-c3ccccc3)cc(-n3c4ccc(-c5ccc6sc7ccc(-c8ccc9c(c8)c8ccc%10c%11ccccc%11sc%10c8n9-c8ccccc8)cc7c6c5)cc4c4cc5c(cc43)c3ccccc3n5-c3ccccc3)c2)cc1. The van der Waals surface area contributed by atoms with Crippen LogP contribution >= 0.6 is 22.7 Å². The summed E-state index contributed by atoms with van der Waals surface area (Å²) < 4.78 is 12.7. The van der Waals surface area contributed by atoms with Crippen LogP contribution in [0.5, 0.6) is 0 Å². The highest BCUT2D eigenvalue weighted by Crippen LogP contribution is 2.47. The highest BCUT2D eigenvalue weighted by molar-refractivity contribution is 7.26. The largest absolute Gasteiger partial charge is 0.309 e. The Bertz CT molecular complexity index is 5610. The van der Waals surface area contributed by atoms with Crippen LogP contribution in [0.2, 0.25) is 0 Å². The van der Waals surface area contributed by atoms with Crippen molar-refractivity contribution in [2.24, 2.45) is 0 Å². The molecule has 0 radical (unpaired) electrons. The fourth-order valence-corrected chi connectivity index (χ4v) is 15.9. The molecule has 18 aromatic rings. The van der Waals surface area contributed by atoms with Gasteiger partial charge in [0.1, 0.15) is 0 Å². The molecule has 5 heteroatoms. The molecule has 0 aliphatic rings. The maximum absolute atomic E-state index is 2.51. The minimum Gasteiger partial charge on any atom is -0.309 e. The average molecular weight is 1090 g/mol. The highest BCUT2D eigenvalue weighted by Gasteiger charge is 2.22. The molecule has 0 amide bonds. The number of rotatable bonds is 7. The zero-order chi connectivity index (χ0) is 54.3. The summed E-state index contributed by atoms with van der Waals surface area (Å²) in [5.74, 6) is 0. The normalized spacial score (nSPS) is 12.1. The van der Waals surface area contributed by atoms with Crippen molar-refractivity contribution < 1.29 is 0 Å². The molecule has 18 rings (SSSR count). The summed E-state index contributed by atoms with van der Waals surface area (Å²) in [5, 5.41) is 12.6. The lowest BCUT2D eigenvalue weighted by Crippen LogP contribution is -1.96. The molecule has 0 unspecified atom stereocenters. The highest BCUT2D eigenvalue weighted by atomic mass is 32.1. The van der Waals surface area contributed by atoms with Crippen molar-refractivity contribution in [1.82, 2.24) is 13.7 Å². The van der Waals surface area contributed by atoms with Crippen LogP contribution in [0.4, 0.5) is 0 Å². The summed E-state index contributed by atoms with van der Waals surface area (Å²) >= 11 is 3.77. The Kier molecular flexibility index (Phi) is 10.1. The van der Waals surface area contributed by atoms with Crippen molar-refractivity contribution in [3.63, 3.8) is 0 Å². The predicted molar refractivity (Wildman–Crippen MR) is 357 cm³/mol. The van der Waals surface area contributed by atoms with Crippen molar-refractivity contribution in [2.75, 3.05) is 0 Å². The maximum Gasteiger partial charge on any atom is 0.0719 e. The number of aromatic nitrogens is 3. The summed E-state index contributed by atoms with van der Waals surface area (Å²) in [4.78, 5) is 0. The molecule has 5 heterocycles. The second kappa shape index (κ2) is 18.1. The Balaban J connectivity index is 0.822. The van der Waals surface area contributed by atoms with Gasteiger partial charge in [-0.05, 0) is 160 Å². The van der Waals surface area contributed by atoms with Gasteiger partial charge in [-0.15, -0.1) is 22.7 Å². The molecule has 0 saturated heterocycles. The molecular formula is C78H47N3S2. The van der Waals surface area contributed by atoms with E-state index in [1.165, 1.54) is 156 Å². The molecular weight excluding hydrogens is 1040 g/mol. The number of benzene rings is 13. The quantitative estimate of drug-likeness (QED) is 0.151. The first-order valence-electron chi connectivity index (χ1n) is 28.4. The zero-order valence-corrected chi connectivity index (χ0v) is 46.4. The Morgan fingerprint density at radius 1 is 0.193 bits per heavy atom. The van der Waals surface area contributed by atoms with Gasteiger partial charge in [0.05, 0.1) is 37.8 Å². The Morgan fingerprint density at radius 3 is 1.23 bits per heavy atom. The second-order valence-corrected chi connectivity index (χ2v) is 24.1. The molecule has 386 valence electrons. The Morgan fingerprint density at radius 2 is 0.614 bits per heavy atom. The molecule has 0 aliphatic heterocycles. The van der Waals surface area contributed by atoms with Crippen LogP contribution in [-0.4, -0.2) is 13.7 Å². The summed E-state index contributed by atoms with van der Waals surface area (Å²) in [6.45, 7) is 0. The monoisotopic (exact) mass is 1090 g/mol. The van der Waals surface area contributed by atoms with Gasteiger partial charge in [-0.3, -0.25) is 0 Å². The van der Waals surface area contributed by atoms with E-state index in [9.17, 15) is 0 Å². The molecule has 0 spiro atoms. The van der Waals surface area contributed by atoms with Gasteiger partial charge < -0.3 is 13.7 Å². The Hall–Kier alpha value is -10.3. The van der Waals surface area contributed by atoms with Gasteiger partial charge in [0.15, 0.2) is 0 Å². The van der Waals surface area contributed by atoms with Gasteiger partial charge in [-0.25, -0.2) is 0 Å². The minimum absolute atomic E-state index is 1.13. The number of hydrogen-bond acceptors (Lipinski definition) is 2. The van der Waals surface area contributed by atoms with E-state index in [1.54, 1.807) is 0 Å². The van der Waals surface area contributed by atoms with Crippen molar-refractivity contribution in [2.45, 2.75) is 0 Å². The third-order valence-corrected chi connectivity index (χ3v) is 19.7. The molecule has 5 aromatic heterocycles. The molecule has 83 heavy (non-hydrogen) atoms. The third kappa shape index (κ3) is 7.15. The zero-order valence-electron chi connectivity index (χ0n) is 44.8. The summed E-state index contributed by atoms with van der Waals surface area (Å²) in [7, 11) is 0. The summed E-state index contributed by atoms with van der Waals surface area (Å²) in [6, 6.07) is 106. The number of nitrogens with zero attached hydrogens (tertiary/aromatic N) is 3. The van der Waals surface area contributed by atoms with Crippen LogP contribution in [0.1, 0.15) is 0 Å². The predicted octanol–water partition coefficient (Wildman–Crippen LogP) is 22.4. The molecule has 0 aliphatic carbocycles. The fourth-order valence-electron chi connectivity index (χ4n) is 13.6. The fraction of sp³-hybridized carbons (Fsp3) is 0. The van der Waals surface area contributed by atoms with Crippen molar-refractivity contribution >= 4 is 128 Å². The average Bonchev–Trinajstić information content (AvgIpc) is 3.36. The van der Waals surface area contributed by atoms with Crippen molar-refractivity contribution in [3.05, 3.63) is 285 Å². The van der Waals surface area contributed by atoms with Crippen LogP contribution in [0.15, 0.2) is 285 Å². The molecule has 0 N–H and O–H groups in total. The van der Waals surface area contributed by atoms with Crippen LogP contribution < -0.4 is 0 Å². The van der Waals surface area contributed by atoms with E-state index in [2.05, 4.69) is 299 Å². The summed E-state index contributed by atoms with van der Waals surface area (Å²) in [5.41, 5.74) is 20.2. The number of hydrogen-bond donors (Lipinski definition) is 0. The van der Waals surface area contributed by atoms with E-state index in [1.807, 2.05) is 22.7 Å². The number of para-hydroxylation sites is 3. The van der Waals surface area contributed by atoms with Gasteiger partial charge in [-0.1, -0.05) is 170 Å². The van der Waals surface area contributed by atoms with Crippen LogP contribution in [-0.2, 0) is 0 Å². The lowest BCUT2D eigenvalue weighted by Gasteiger charge is -2.14. The first-order chi connectivity index (χ1) is 41.1. The van der Waals surface area contributed by atoms with E-state index in [-0.39, 0.29) is 0 Å². The molecule has 0 bridgehead atoms. The Labute approximate surface area is 485 Å². The molecule has 0 atom stereocenters. The topological polar surface area (TPSA) is 14.8 Å². The van der Waals surface area contributed by atoms with Gasteiger partial charge in [0, 0.05) is 85.0 Å². The molecule has 3 nitrogen and oxygen atoms in total. The lowest BCUT2D eigenvalue weighted by molar-refractivity contribution is 1.17. The van der Waals surface area contributed by atoms with Gasteiger partial charge in [0.25, 0.3) is 0 Å². The number of thiophene rings is 2. The van der Waals surface area contributed by atoms with Crippen LogP contribution in [0, 0.1) is 0 Å². The first kappa shape index (κ1) is 46.5. The van der Waals surface area contributed by atoms with Gasteiger partial charge in [-0.2, -0.15) is 0 Å². The first-order valence-corrected chi connectivity index (χ1v) is 30.0. The van der Waals surface area contributed by atoms with Crippen molar-refractivity contribution in [1.29, 1.82) is 0 Å². The van der Waals surface area contributed by atoms with E-state index in [0.717, 1.165) is 11.4 Å². The minimum atomic E-state index is 1.13. The van der Waals surface area contributed by atoms with Gasteiger partial charge in [0.2, 0.25) is 0 Å². The lowest BCUT2D eigenvalue weighted by atomic mass is 9.98. The smallest absolute Gasteiger partial charge is 0.0719 e.